The molecule has 0 amide bonds. The van der Waals surface area contributed by atoms with E-state index in [-0.39, 0.29) is 16.0 Å². The summed E-state index contributed by atoms with van der Waals surface area (Å²) in [5, 5.41) is 0.968. The van der Waals surface area contributed by atoms with Crippen molar-refractivity contribution in [2.75, 3.05) is 18.8 Å². The van der Waals surface area contributed by atoms with Gasteiger partial charge in [-0.25, -0.2) is 18.1 Å². The summed E-state index contributed by atoms with van der Waals surface area (Å²) in [7, 11) is -3.58. The maximum atomic E-state index is 12.7. The second-order valence-corrected chi connectivity index (χ2v) is 12.6. The molecule has 1 aromatic carbocycles. The number of nitrogen functional groups attached to an aromatic ring is 1. The van der Waals surface area contributed by atoms with E-state index in [1.54, 1.807) is 35.6 Å². The Morgan fingerprint density at radius 2 is 1.94 bits per heavy atom. The number of hydrogen-bond donors (Lipinski definition) is 2. The molecule has 1 heterocycles. The lowest BCUT2D eigenvalue weighted by Gasteiger charge is -2.36. The van der Waals surface area contributed by atoms with Crippen LogP contribution < -0.4 is 10.5 Å². The SMILES string of the molecule is CCCN(CC[C@H]1CC[C@H](NS(=O)(=O)c2ccccc2Cl)CC1)[C@H]1CCc2nc(N)sc2C1. The highest BCUT2D eigenvalue weighted by Crippen LogP contribution is 2.32. The molecule has 0 bridgehead atoms. The van der Waals surface area contributed by atoms with Crippen molar-refractivity contribution in [1.29, 1.82) is 0 Å². The number of fused-ring (bicyclic) bond motifs is 1. The van der Waals surface area contributed by atoms with E-state index < -0.39 is 10.0 Å². The number of nitrogens with zero attached hydrogens (tertiary/aromatic N) is 2. The van der Waals surface area contributed by atoms with Gasteiger partial charge in [-0.2, -0.15) is 0 Å². The Balaban J connectivity index is 1.26. The number of anilines is 1. The lowest BCUT2D eigenvalue weighted by atomic mass is 9.84. The molecular weight excluding hydrogens is 476 g/mol. The van der Waals surface area contributed by atoms with Crippen molar-refractivity contribution in [3.05, 3.63) is 39.9 Å². The van der Waals surface area contributed by atoms with Gasteiger partial charge < -0.3 is 10.6 Å². The second kappa shape index (κ2) is 11.0. The van der Waals surface area contributed by atoms with Crippen molar-refractivity contribution < 1.29 is 8.42 Å². The first-order valence-corrected chi connectivity index (χ1v) is 14.8. The van der Waals surface area contributed by atoms with Crippen molar-refractivity contribution in [3.8, 4) is 0 Å². The molecule has 4 rings (SSSR count). The number of thiazole rings is 1. The third kappa shape index (κ3) is 6.28. The van der Waals surface area contributed by atoms with Gasteiger partial charge in [0, 0.05) is 17.0 Å². The van der Waals surface area contributed by atoms with Crippen LogP contribution in [0.25, 0.3) is 0 Å². The maximum Gasteiger partial charge on any atom is 0.242 e. The minimum absolute atomic E-state index is 0.0113. The van der Waals surface area contributed by atoms with Gasteiger partial charge in [0.25, 0.3) is 0 Å². The molecule has 1 saturated carbocycles. The summed E-state index contributed by atoms with van der Waals surface area (Å²) in [6.45, 7) is 4.49. The molecule has 2 aromatic rings. The van der Waals surface area contributed by atoms with Gasteiger partial charge in [0.15, 0.2) is 5.13 Å². The van der Waals surface area contributed by atoms with Crippen molar-refractivity contribution in [2.24, 2.45) is 5.92 Å². The minimum atomic E-state index is -3.58. The zero-order valence-electron chi connectivity index (χ0n) is 19.3. The van der Waals surface area contributed by atoms with Gasteiger partial charge in [-0.15, -0.1) is 11.3 Å². The molecule has 182 valence electrons. The van der Waals surface area contributed by atoms with Crippen LogP contribution in [-0.4, -0.2) is 43.5 Å². The van der Waals surface area contributed by atoms with Gasteiger partial charge in [0.2, 0.25) is 10.0 Å². The zero-order valence-corrected chi connectivity index (χ0v) is 21.7. The lowest BCUT2D eigenvalue weighted by molar-refractivity contribution is 0.158. The molecule has 6 nitrogen and oxygen atoms in total. The average Bonchev–Trinajstić information content (AvgIpc) is 3.17. The van der Waals surface area contributed by atoms with E-state index in [1.807, 2.05) is 0 Å². The number of sulfonamides is 1. The Bertz CT molecular complexity index is 1030. The smallest absolute Gasteiger partial charge is 0.242 e. The summed E-state index contributed by atoms with van der Waals surface area (Å²) in [6, 6.07) is 7.20. The molecule has 3 N–H and O–H groups in total. The van der Waals surface area contributed by atoms with E-state index in [9.17, 15) is 8.42 Å². The maximum absolute atomic E-state index is 12.7. The number of nitrogens with one attached hydrogen (secondary N) is 1. The first-order chi connectivity index (χ1) is 15.9. The van der Waals surface area contributed by atoms with Gasteiger partial charge in [-0.1, -0.05) is 30.7 Å². The molecule has 1 fully saturated rings. The molecule has 0 radical (unpaired) electrons. The average molecular weight is 511 g/mol. The first kappa shape index (κ1) is 24.9. The topological polar surface area (TPSA) is 88.3 Å². The van der Waals surface area contributed by atoms with E-state index in [2.05, 4.69) is 21.5 Å². The Kier molecular flexibility index (Phi) is 8.33. The number of aryl methyl sites for hydroxylation is 1. The van der Waals surface area contributed by atoms with Crippen LogP contribution in [0.1, 0.15) is 62.4 Å². The first-order valence-electron chi connectivity index (χ1n) is 12.1. The molecule has 2 aliphatic rings. The fourth-order valence-corrected chi connectivity index (χ4v) is 8.09. The lowest BCUT2D eigenvalue weighted by Crippen LogP contribution is -2.41. The van der Waals surface area contributed by atoms with Crippen LogP contribution in [0.3, 0.4) is 0 Å². The normalized spacial score (nSPS) is 23.5. The Morgan fingerprint density at radius 1 is 1.18 bits per heavy atom. The van der Waals surface area contributed by atoms with Crippen LogP contribution in [-0.2, 0) is 22.9 Å². The third-order valence-electron chi connectivity index (χ3n) is 7.08. The quantitative estimate of drug-likeness (QED) is 0.502. The van der Waals surface area contributed by atoms with Gasteiger partial charge in [0.05, 0.1) is 10.7 Å². The summed E-state index contributed by atoms with van der Waals surface area (Å²) < 4.78 is 28.4. The highest BCUT2D eigenvalue weighted by Gasteiger charge is 2.29. The van der Waals surface area contributed by atoms with Gasteiger partial charge in [-0.05, 0) is 88.9 Å². The summed E-state index contributed by atoms with van der Waals surface area (Å²) >= 11 is 7.76. The number of halogens is 1. The molecule has 33 heavy (non-hydrogen) atoms. The molecule has 2 aliphatic carbocycles. The predicted octanol–water partition coefficient (Wildman–Crippen LogP) is 4.88. The van der Waals surface area contributed by atoms with Crippen LogP contribution in [0.2, 0.25) is 5.02 Å². The fourth-order valence-electron chi connectivity index (χ4n) is 5.32. The zero-order chi connectivity index (χ0) is 23.4. The molecule has 1 aromatic heterocycles. The molecule has 0 aliphatic heterocycles. The Hall–Kier alpha value is -1.19. The van der Waals surface area contributed by atoms with Crippen LogP contribution >= 0.6 is 22.9 Å². The highest BCUT2D eigenvalue weighted by molar-refractivity contribution is 7.89. The van der Waals surface area contributed by atoms with Crippen LogP contribution in [0.4, 0.5) is 5.13 Å². The van der Waals surface area contributed by atoms with Crippen molar-refractivity contribution in [1.82, 2.24) is 14.6 Å². The fraction of sp³-hybridized carbons (Fsp3) is 0.625. The van der Waals surface area contributed by atoms with E-state index in [1.165, 1.54) is 17.0 Å². The number of hydrogen-bond acceptors (Lipinski definition) is 6. The predicted molar refractivity (Wildman–Crippen MR) is 136 cm³/mol. The molecule has 9 heteroatoms. The van der Waals surface area contributed by atoms with Crippen molar-refractivity contribution >= 4 is 38.1 Å². The molecule has 1 atom stereocenters. The van der Waals surface area contributed by atoms with Gasteiger partial charge in [0.1, 0.15) is 4.90 Å². The summed E-state index contributed by atoms with van der Waals surface area (Å²) in [6.07, 6.45) is 9.50. The van der Waals surface area contributed by atoms with E-state index >= 15 is 0 Å². The number of nitrogens with two attached hydrogens (primary N) is 1. The number of benzene rings is 1. The van der Waals surface area contributed by atoms with E-state index in [4.69, 9.17) is 17.3 Å². The van der Waals surface area contributed by atoms with Crippen molar-refractivity contribution in [2.45, 2.75) is 81.7 Å². The second-order valence-electron chi connectivity index (χ2n) is 9.41. The summed E-state index contributed by atoms with van der Waals surface area (Å²) in [5.74, 6) is 0.656. The van der Waals surface area contributed by atoms with E-state index in [0.717, 1.165) is 64.5 Å². The van der Waals surface area contributed by atoms with Gasteiger partial charge in [-0.3, -0.25) is 0 Å². The Labute approximate surface area is 207 Å². The van der Waals surface area contributed by atoms with Crippen LogP contribution in [0, 0.1) is 5.92 Å². The monoisotopic (exact) mass is 510 g/mol. The Morgan fingerprint density at radius 3 is 2.67 bits per heavy atom. The largest absolute Gasteiger partial charge is 0.375 e. The highest BCUT2D eigenvalue weighted by atomic mass is 35.5. The summed E-state index contributed by atoms with van der Waals surface area (Å²) in [4.78, 5) is 8.70. The third-order valence-corrected chi connectivity index (χ3v) is 10.0. The van der Waals surface area contributed by atoms with Crippen LogP contribution in [0.5, 0.6) is 0 Å². The number of aromatic nitrogens is 1. The van der Waals surface area contributed by atoms with Crippen molar-refractivity contribution in [3.63, 3.8) is 0 Å². The number of rotatable bonds is 9. The van der Waals surface area contributed by atoms with Crippen LogP contribution in [0.15, 0.2) is 29.2 Å². The van der Waals surface area contributed by atoms with E-state index in [0.29, 0.717) is 17.1 Å². The molecule has 0 saturated heterocycles. The minimum Gasteiger partial charge on any atom is -0.375 e. The molecule has 0 spiro atoms. The molecular formula is C24H35ClN4O2S2. The summed E-state index contributed by atoms with van der Waals surface area (Å²) in [5.41, 5.74) is 7.14. The molecule has 0 unspecified atom stereocenters. The standard InChI is InChI=1S/C24H35ClN4O2S2/c1-2-14-29(19-11-12-21-22(16-19)32-24(26)27-21)15-13-17-7-9-18(10-8-17)28-33(30,31)23-6-4-3-5-20(23)25/h3-6,17-19,28H,2,7-16H2,1H3,(H2,26,27)/t17-,18-,19-/m0/s1. The van der Waals surface area contributed by atoms with Gasteiger partial charge >= 0.3 is 0 Å².